The monoisotopic (exact) mass is 269 g/mol. The van der Waals surface area contributed by atoms with E-state index in [1.54, 1.807) is 12.4 Å². The first-order valence-corrected chi connectivity index (χ1v) is 6.34. The van der Waals surface area contributed by atoms with Crippen LogP contribution >= 0.6 is 11.6 Å². The van der Waals surface area contributed by atoms with Crippen molar-refractivity contribution >= 4 is 28.3 Å². The fourth-order valence-electron chi connectivity index (χ4n) is 2.17. The molecule has 0 unspecified atom stereocenters. The zero-order valence-corrected chi connectivity index (χ0v) is 10.9. The molecule has 1 aromatic heterocycles. The molecule has 0 atom stereocenters. The van der Waals surface area contributed by atoms with Crippen LogP contribution in [0.1, 0.15) is 11.1 Å². The summed E-state index contributed by atoms with van der Waals surface area (Å²) in [6.45, 7) is 0. The Kier molecular flexibility index (Phi) is 3.05. The average molecular weight is 270 g/mol. The van der Waals surface area contributed by atoms with Gasteiger partial charge in [0.25, 0.3) is 0 Å². The molecule has 0 amide bonds. The minimum absolute atomic E-state index is 0.673. The van der Waals surface area contributed by atoms with E-state index in [9.17, 15) is 0 Å². The normalized spacial score (nSPS) is 10.8. The molecule has 1 heterocycles. The van der Waals surface area contributed by atoms with Crippen LogP contribution < -0.4 is 5.73 Å². The summed E-state index contributed by atoms with van der Waals surface area (Å²) in [5.41, 5.74) is 10.4. The first kappa shape index (κ1) is 11.9. The Balaban J connectivity index is 2.09. The van der Waals surface area contributed by atoms with Gasteiger partial charge < -0.3 is 5.73 Å². The molecule has 3 rings (SSSR count). The van der Waals surface area contributed by atoms with E-state index in [-0.39, 0.29) is 0 Å². The molecule has 0 spiro atoms. The average Bonchev–Trinajstić information content (AvgIpc) is 2.38. The van der Waals surface area contributed by atoms with Crippen LogP contribution in [0.3, 0.4) is 0 Å². The van der Waals surface area contributed by atoms with E-state index in [0.29, 0.717) is 5.02 Å². The molecule has 4 heteroatoms. The van der Waals surface area contributed by atoms with E-state index in [1.807, 2.05) is 36.4 Å². The molecule has 0 aliphatic rings. The maximum atomic E-state index is 6.13. The molecule has 2 N–H and O–H groups in total. The Morgan fingerprint density at radius 2 is 1.89 bits per heavy atom. The van der Waals surface area contributed by atoms with Crippen molar-refractivity contribution in [3.05, 3.63) is 64.9 Å². The fraction of sp³-hybridized carbons (Fsp3) is 0.0667. The molecular formula is C15H12ClN3. The smallest absolute Gasteiger partial charge is 0.0923 e. The number of benzene rings is 2. The van der Waals surface area contributed by atoms with Gasteiger partial charge in [-0.3, -0.25) is 9.97 Å². The first-order chi connectivity index (χ1) is 9.22. The number of aromatic nitrogens is 2. The lowest BCUT2D eigenvalue weighted by atomic mass is 10.0. The lowest BCUT2D eigenvalue weighted by Gasteiger charge is -2.07. The van der Waals surface area contributed by atoms with Gasteiger partial charge in [0.2, 0.25) is 0 Å². The minimum Gasteiger partial charge on any atom is -0.399 e. The van der Waals surface area contributed by atoms with Crippen LogP contribution in [0.2, 0.25) is 5.02 Å². The molecular weight excluding hydrogens is 258 g/mol. The molecule has 0 radical (unpaired) electrons. The number of fused-ring (bicyclic) bond motifs is 1. The summed E-state index contributed by atoms with van der Waals surface area (Å²) in [5, 5.41) is 0.673. The Labute approximate surface area is 116 Å². The summed E-state index contributed by atoms with van der Waals surface area (Å²) < 4.78 is 0. The van der Waals surface area contributed by atoms with Crippen LogP contribution in [0.25, 0.3) is 11.0 Å². The van der Waals surface area contributed by atoms with Gasteiger partial charge in [0, 0.05) is 23.1 Å². The van der Waals surface area contributed by atoms with Gasteiger partial charge in [-0.05, 0) is 41.8 Å². The number of rotatable bonds is 2. The molecule has 3 aromatic rings. The fourth-order valence-corrected chi connectivity index (χ4v) is 2.40. The predicted molar refractivity (Wildman–Crippen MR) is 78.2 cm³/mol. The van der Waals surface area contributed by atoms with Crippen molar-refractivity contribution < 1.29 is 0 Å². The van der Waals surface area contributed by atoms with Crippen molar-refractivity contribution in [2.45, 2.75) is 6.42 Å². The van der Waals surface area contributed by atoms with Crippen molar-refractivity contribution in [2.75, 3.05) is 5.73 Å². The third-order valence-electron chi connectivity index (χ3n) is 2.96. The summed E-state index contributed by atoms with van der Waals surface area (Å²) in [7, 11) is 0. The van der Waals surface area contributed by atoms with E-state index < -0.39 is 0 Å². The lowest BCUT2D eigenvalue weighted by Crippen LogP contribution is -1.94. The van der Waals surface area contributed by atoms with E-state index in [1.165, 1.54) is 0 Å². The topological polar surface area (TPSA) is 51.8 Å². The summed E-state index contributed by atoms with van der Waals surface area (Å²) >= 11 is 6.13. The maximum absolute atomic E-state index is 6.13. The number of nitrogens with zero attached hydrogens (tertiary/aromatic N) is 2. The highest BCUT2D eigenvalue weighted by molar-refractivity contribution is 6.31. The molecule has 0 fully saturated rings. The van der Waals surface area contributed by atoms with Crippen LogP contribution in [0.15, 0.2) is 48.8 Å². The Morgan fingerprint density at radius 1 is 1.05 bits per heavy atom. The van der Waals surface area contributed by atoms with Gasteiger partial charge in [0.05, 0.1) is 11.0 Å². The quantitative estimate of drug-likeness (QED) is 0.725. The van der Waals surface area contributed by atoms with Gasteiger partial charge in [-0.2, -0.15) is 0 Å². The maximum Gasteiger partial charge on any atom is 0.0923 e. The number of nitrogen functional groups attached to an aromatic ring is 1. The molecule has 3 nitrogen and oxygen atoms in total. The summed E-state index contributed by atoms with van der Waals surface area (Å²) in [5.74, 6) is 0. The van der Waals surface area contributed by atoms with Crippen LogP contribution in [0.4, 0.5) is 5.69 Å². The molecule has 94 valence electrons. The van der Waals surface area contributed by atoms with Crippen LogP contribution in [-0.4, -0.2) is 9.97 Å². The Hall–Kier alpha value is -2.13. The Morgan fingerprint density at radius 3 is 2.74 bits per heavy atom. The largest absolute Gasteiger partial charge is 0.399 e. The second-order valence-corrected chi connectivity index (χ2v) is 4.85. The van der Waals surface area contributed by atoms with Crippen LogP contribution in [0.5, 0.6) is 0 Å². The highest BCUT2D eigenvalue weighted by atomic mass is 35.5. The van der Waals surface area contributed by atoms with Gasteiger partial charge in [0.1, 0.15) is 0 Å². The van der Waals surface area contributed by atoms with Gasteiger partial charge in [-0.15, -0.1) is 0 Å². The van der Waals surface area contributed by atoms with Crippen molar-refractivity contribution in [1.82, 2.24) is 9.97 Å². The van der Waals surface area contributed by atoms with Crippen molar-refractivity contribution in [3.63, 3.8) is 0 Å². The molecule has 0 saturated heterocycles. The second-order valence-electron chi connectivity index (χ2n) is 4.41. The van der Waals surface area contributed by atoms with E-state index in [4.69, 9.17) is 17.3 Å². The highest BCUT2D eigenvalue weighted by Gasteiger charge is 2.06. The third-order valence-corrected chi connectivity index (χ3v) is 3.18. The molecule has 0 aliphatic heterocycles. The number of nitrogens with two attached hydrogens (primary N) is 1. The van der Waals surface area contributed by atoms with Crippen LogP contribution in [-0.2, 0) is 6.42 Å². The molecule has 0 aliphatic carbocycles. The van der Waals surface area contributed by atoms with Gasteiger partial charge in [-0.1, -0.05) is 23.7 Å². The molecule has 2 aromatic carbocycles. The van der Waals surface area contributed by atoms with Crippen molar-refractivity contribution in [1.29, 1.82) is 0 Å². The Bertz CT molecular complexity index is 740. The highest BCUT2D eigenvalue weighted by Crippen LogP contribution is 2.23. The van der Waals surface area contributed by atoms with E-state index in [0.717, 1.165) is 34.3 Å². The summed E-state index contributed by atoms with van der Waals surface area (Å²) in [6.07, 6.45) is 4.10. The third kappa shape index (κ3) is 2.51. The summed E-state index contributed by atoms with van der Waals surface area (Å²) in [4.78, 5) is 8.68. The summed E-state index contributed by atoms with van der Waals surface area (Å²) in [6, 6.07) is 11.6. The molecule has 0 saturated carbocycles. The SMILES string of the molecule is Nc1cccc(Cc2cc(Cl)cc3nccnc23)c1. The van der Waals surface area contributed by atoms with Crippen molar-refractivity contribution in [2.24, 2.45) is 0 Å². The van der Waals surface area contributed by atoms with E-state index >= 15 is 0 Å². The number of anilines is 1. The molecule has 19 heavy (non-hydrogen) atoms. The predicted octanol–water partition coefficient (Wildman–Crippen LogP) is 3.46. The van der Waals surface area contributed by atoms with E-state index in [2.05, 4.69) is 9.97 Å². The van der Waals surface area contributed by atoms with Crippen molar-refractivity contribution in [3.8, 4) is 0 Å². The standard InChI is InChI=1S/C15H12ClN3/c16-12-8-11(6-10-2-1-3-13(17)7-10)15-14(9-12)18-4-5-19-15/h1-5,7-9H,6,17H2. The first-order valence-electron chi connectivity index (χ1n) is 5.96. The van der Waals surface area contributed by atoms with Gasteiger partial charge >= 0.3 is 0 Å². The van der Waals surface area contributed by atoms with Crippen LogP contribution in [0, 0.1) is 0 Å². The number of hydrogen-bond donors (Lipinski definition) is 1. The van der Waals surface area contributed by atoms with Gasteiger partial charge in [-0.25, -0.2) is 0 Å². The lowest BCUT2D eigenvalue weighted by molar-refractivity contribution is 1.18. The van der Waals surface area contributed by atoms with Gasteiger partial charge in [0.15, 0.2) is 0 Å². The number of hydrogen-bond acceptors (Lipinski definition) is 3. The zero-order chi connectivity index (χ0) is 13.2. The second kappa shape index (κ2) is 4.86. The zero-order valence-electron chi connectivity index (χ0n) is 10.2. The number of halogens is 1. The minimum atomic E-state index is 0.673. The molecule has 0 bridgehead atoms.